The molecule has 4 heterocycles. The summed E-state index contributed by atoms with van der Waals surface area (Å²) in [5, 5.41) is 8.26. The molecule has 8 nitrogen and oxygen atoms in total. The van der Waals surface area contributed by atoms with Gasteiger partial charge in [0.05, 0.1) is 11.2 Å². The number of nitrogens with one attached hydrogen (secondary N) is 1. The molecule has 0 radical (unpaired) electrons. The van der Waals surface area contributed by atoms with Gasteiger partial charge in [-0.15, -0.1) is 0 Å². The van der Waals surface area contributed by atoms with Crippen LogP contribution in [-0.2, 0) is 5.54 Å². The van der Waals surface area contributed by atoms with Crippen molar-refractivity contribution in [2.75, 3.05) is 11.1 Å². The van der Waals surface area contributed by atoms with E-state index < -0.39 is 5.54 Å². The lowest BCUT2D eigenvalue weighted by molar-refractivity contribution is 0.602. The zero-order valence-corrected chi connectivity index (χ0v) is 15.5. The standard InChI is InChI=1S/C18H17ClN8/c1-18(2,25-17-14(20)16(19)23-10-24-17)11-9-13-22-7-8-27(13)26-15(11)12-5-3-4-6-21-12/h3-10H,20H2,1-2H3,(H,23,24,25). The van der Waals surface area contributed by atoms with Crippen LogP contribution in [0.2, 0.25) is 5.15 Å². The number of rotatable bonds is 4. The Bertz CT molecular complexity index is 1110. The first kappa shape index (κ1) is 17.2. The summed E-state index contributed by atoms with van der Waals surface area (Å²) in [5.41, 5.74) is 8.84. The third kappa shape index (κ3) is 3.15. The van der Waals surface area contributed by atoms with Crippen molar-refractivity contribution >= 4 is 28.8 Å². The van der Waals surface area contributed by atoms with E-state index in [4.69, 9.17) is 22.4 Å². The van der Waals surface area contributed by atoms with Crippen LogP contribution in [0.25, 0.3) is 17.0 Å². The van der Waals surface area contributed by atoms with Gasteiger partial charge >= 0.3 is 0 Å². The molecular formula is C18H17ClN8. The van der Waals surface area contributed by atoms with Crippen molar-refractivity contribution in [3.63, 3.8) is 0 Å². The molecule has 0 saturated heterocycles. The average molecular weight is 381 g/mol. The van der Waals surface area contributed by atoms with E-state index >= 15 is 0 Å². The third-order valence-electron chi connectivity index (χ3n) is 4.23. The Morgan fingerprint density at radius 2 is 1.96 bits per heavy atom. The molecule has 0 spiro atoms. The summed E-state index contributed by atoms with van der Waals surface area (Å²) in [6.45, 7) is 4.01. The lowest BCUT2D eigenvalue weighted by Crippen LogP contribution is -2.30. The van der Waals surface area contributed by atoms with Crippen LogP contribution in [0.4, 0.5) is 11.5 Å². The maximum absolute atomic E-state index is 6.03. The molecule has 0 aliphatic carbocycles. The molecule has 0 amide bonds. The van der Waals surface area contributed by atoms with Crippen LogP contribution in [-0.4, -0.2) is 29.5 Å². The second kappa shape index (κ2) is 6.48. The van der Waals surface area contributed by atoms with Gasteiger partial charge in [-0.2, -0.15) is 5.10 Å². The fourth-order valence-corrected chi connectivity index (χ4v) is 2.99. The summed E-state index contributed by atoms with van der Waals surface area (Å²) in [6.07, 6.45) is 6.61. The minimum Gasteiger partial charge on any atom is -0.393 e. The Hall–Kier alpha value is -3.26. The fourth-order valence-electron chi connectivity index (χ4n) is 2.86. The Morgan fingerprint density at radius 1 is 1.11 bits per heavy atom. The molecule has 0 bridgehead atoms. The first-order valence-electron chi connectivity index (χ1n) is 8.26. The normalized spacial score (nSPS) is 11.7. The van der Waals surface area contributed by atoms with Crippen molar-refractivity contribution in [3.05, 3.63) is 59.9 Å². The summed E-state index contributed by atoms with van der Waals surface area (Å²) in [4.78, 5) is 16.9. The lowest BCUT2D eigenvalue weighted by atomic mass is 9.91. The first-order valence-corrected chi connectivity index (χ1v) is 8.64. The van der Waals surface area contributed by atoms with E-state index in [2.05, 4.69) is 25.3 Å². The number of nitrogens with two attached hydrogens (primary N) is 1. The SMILES string of the molecule is CC(C)(Nc1ncnc(Cl)c1N)c1cc2nccn2nc1-c1ccccn1. The Kier molecular flexibility index (Phi) is 4.12. The van der Waals surface area contributed by atoms with E-state index in [9.17, 15) is 0 Å². The van der Waals surface area contributed by atoms with Gasteiger partial charge in [-0.1, -0.05) is 17.7 Å². The average Bonchev–Trinajstić information content (AvgIpc) is 3.13. The Morgan fingerprint density at radius 3 is 2.74 bits per heavy atom. The molecule has 0 atom stereocenters. The molecule has 0 aliphatic rings. The van der Waals surface area contributed by atoms with Crippen molar-refractivity contribution in [3.8, 4) is 11.4 Å². The number of aromatic nitrogens is 6. The van der Waals surface area contributed by atoms with Crippen LogP contribution in [0.5, 0.6) is 0 Å². The van der Waals surface area contributed by atoms with Gasteiger partial charge in [0.15, 0.2) is 16.6 Å². The summed E-state index contributed by atoms with van der Waals surface area (Å²) in [7, 11) is 0. The zero-order chi connectivity index (χ0) is 19.0. The van der Waals surface area contributed by atoms with E-state index in [1.165, 1.54) is 6.33 Å². The van der Waals surface area contributed by atoms with Gasteiger partial charge in [0.25, 0.3) is 0 Å². The van der Waals surface area contributed by atoms with E-state index in [-0.39, 0.29) is 5.15 Å². The fraction of sp³-hybridized carbons (Fsp3) is 0.167. The highest BCUT2D eigenvalue weighted by Crippen LogP contribution is 2.34. The largest absolute Gasteiger partial charge is 0.393 e. The molecule has 0 unspecified atom stereocenters. The summed E-state index contributed by atoms with van der Waals surface area (Å²) >= 11 is 6.03. The van der Waals surface area contributed by atoms with Crippen LogP contribution >= 0.6 is 11.6 Å². The third-order valence-corrected chi connectivity index (χ3v) is 4.53. The number of pyridine rings is 1. The Labute approximate surface area is 160 Å². The number of imidazole rings is 1. The monoisotopic (exact) mass is 380 g/mol. The van der Waals surface area contributed by atoms with Crippen molar-refractivity contribution in [2.45, 2.75) is 19.4 Å². The molecule has 27 heavy (non-hydrogen) atoms. The van der Waals surface area contributed by atoms with Gasteiger partial charge in [-0.05, 0) is 32.0 Å². The molecule has 3 N–H and O–H groups in total. The molecule has 9 heteroatoms. The lowest BCUT2D eigenvalue weighted by Gasteiger charge is -2.29. The van der Waals surface area contributed by atoms with E-state index in [0.717, 1.165) is 22.6 Å². The van der Waals surface area contributed by atoms with E-state index in [1.54, 1.807) is 23.1 Å². The first-order chi connectivity index (χ1) is 13.0. The maximum Gasteiger partial charge on any atom is 0.157 e. The molecule has 4 aromatic heterocycles. The number of halogens is 1. The predicted molar refractivity (Wildman–Crippen MR) is 104 cm³/mol. The van der Waals surface area contributed by atoms with Crippen LogP contribution < -0.4 is 11.1 Å². The summed E-state index contributed by atoms with van der Waals surface area (Å²) in [5.74, 6) is 0.454. The molecule has 4 aromatic rings. The minimum atomic E-state index is -0.598. The molecule has 136 valence electrons. The van der Waals surface area contributed by atoms with Crippen LogP contribution in [0, 0.1) is 0 Å². The quantitative estimate of drug-likeness (QED) is 0.523. The van der Waals surface area contributed by atoms with Crippen molar-refractivity contribution in [2.24, 2.45) is 0 Å². The molecule has 0 aromatic carbocycles. The number of hydrogen-bond donors (Lipinski definition) is 2. The van der Waals surface area contributed by atoms with Crippen molar-refractivity contribution in [1.29, 1.82) is 0 Å². The van der Waals surface area contributed by atoms with Gasteiger partial charge in [-0.3, -0.25) is 4.98 Å². The van der Waals surface area contributed by atoms with Crippen molar-refractivity contribution < 1.29 is 0 Å². The van der Waals surface area contributed by atoms with Crippen LogP contribution in [0.15, 0.2) is 49.2 Å². The van der Waals surface area contributed by atoms with Crippen LogP contribution in [0.3, 0.4) is 0 Å². The van der Waals surface area contributed by atoms with Gasteiger partial charge in [0.2, 0.25) is 0 Å². The number of nitrogen functional groups attached to an aromatic ring is 1. The molecule has 0 fully saturated rings. The second-order valence-electron chi connectivity index (χ2n) is 6.53. The number of nitrogens with zero attached hydrogens (tertiary/aromatic N) is 6. The Balaban J connectivity index is 1.87. The van der Waals surface area contributed by atoms with Crippen molar-refractivity contribution in [1.82, 2.24) is 29.5 Å². The van der Waals surface area contributed by atoms with Crippen LogP contribution in [0.1, 0.15) is 19.4 Å². The number of hydrogen-bond acceptors (Lipinski definition) is 7. The highest BCUT2D eigenvalue weighted by Gasteiger charge is 2.28. The predicted octanol–water partition coefficient (Wildman–Crippen LogP) is 3.16. The summed E-state index contributed by atoms with van der Waals surface area (Å²) in [6, 6.07) is 7.68. The minimum absolute atomic E-state index is 0.204. The molecular weight excluding hydrogens is 364 g/mol. The van der Waals surface area contributed by atoms with Gasteiger partial charge in [-0.25, -0.2) is 19.5 Å². The van der Waals surface area contributed by atoms with E-state index in [1.807, 2.05) is 38.1 Å². The zero-order valence-electron chi connectivity index (χ0n) is 14.8. The van der Waals surface area contributed by atoms with Gasteiger partial charge < -0.3 is 11.1 Å². The van der Waals surface area contributed by atoms with Gasteiger partial charge in [0.1, 0.15) is 17.7 Å². The number of anilines is 2. The summed E-state index contributed by atoms with van der Waals surface area (Å²) < 4.78 is 1.72. The molecule has 0 aliphatic heterocycles. The highest BCUT2D eigenvalue weighted by molar-refractivity contribution is 6.32. The second-order valence-corrected chi connectivity index (χ2v) is 6.89. The maximum atomic E-state index is 6.03. The topological polar surface area (TPSA) is 107 Å². The molecule has 4 rings (SSSR count). The number of fused-ring (bicyclic) bond motifs is 1. The van der Waals surface area contributed by atoms with E-state index in [0.29, 0.717) is 11.5 Å². The highest BCUT2D eigenvalue weighted by atomic mass is 35.5. The van der Waals surface area contributed by atoms with Gasteiger partial charge in [0, 0.05) is 24.2 Å². The smallest absolute Gasteiger partial charge is 0.157 e. The molecule has 0 saturated carbocycles.